The second-order valence-electron chi connectivity index (χ2n) is 9.28. The fourth-order valence-corrected chi connectivity index (χ4v) is 5.48. The third kappa shape index (κ3) is 3.78. The minimum absolute atomic E-state index is 0.00818. The molecule has 9 heteroatoms. The zero-order valence-corrected chi connectivity index (χ0v) is 20.3. The lowest BCUT2D eigenvalue weighted by Gasteiger charge is -2.36. The summed E-state index contributed by atoms with van der Waals surface area (Å²) in [5.41, 5.74) is 2.27. The van der Waals surface area contributed by atoms with Crippen molar-refractivity contribution in [3.05, 3.63) is 77.1 Å². The molecule has 1 fully saturated rings. The molecule has 2 aromatic carbocycles. The molecule has 0 radical (unpaired) electrons. The lowest BCUT2D eigenvalue weighted by Crippen LogP contribution is -2.51. The number of rotatable bonds is 5. The summed E-state index contributed by atoms with van der Waals surface area (Å²) in [5, 5.41) is 19.0. The van der Waals surface area contributed by atoms with Crippen molar-refractivity contribution in [2.45, 2.75) is 37.0 Å². The van der Waals surface area contributed by atoms with Crippen LogP contribution in [0.4, 0.5) is 11.4 Å². The molecule has 1 spiro atoms. The van der Waals surface area contributed by atoms with Crippen molar-refractivity contribution >= 4 is 39.9 Å². The summed E-state index contributed by atoms with van der Waals surface area (Å²) in [6, 6.07) is 14.6. The van der Waals surface area contributed by atoms with Crippen molar-refractivity contribution in [1.29, 1.82) is 0 Å². The van der Waals surface area contributed by atoms with Gasteiger partial charge in [-0.2, -0.15) is 0 Å². The van der Waals surface area contributed by atoms with E-state index in [1.165, 1.54) is 0 Å². The third-order valence-electron chi connectivity index (χ3n) is 7.12. The number of fused-ring (bicyclic) bond motifs is 3. The van der Waals surface area contributed by atoms with E-state index in [9.17, 15) is 9.90 Å². The fraction of sp³-hybridized carbons (Fsp3) is 0.259. The number of carbonyl (C=O) groups is 1. The van der Waals surface area contributed by atoms with Crippen LogP contribution in [-0.4, -0.2) is 39.7 Å². The smallest absolute Gasteiger partial charge is 0.250 e. The SMILES string of the molecule is COC1CCC2(C1)Nc1c(cnc3[nH]cc(C(O)c4ccc(Oc5ccccc5)cc4Cl)c13)NC2=O. The Morgan fingerprint density at radius 3 is 2.75 bits per heavy atom. The number of aromatic nitrogens is 2. The number of hydrogen-bond donors (Lipinski definition) is 4. The molecule has 1 saturated carbocycles. The van der Waals surface area contributed by atoms with Gasteiger partial charge in [-0.15, -0.1) is 0 Å². The lowest BCUT2D eigenvalue weighted by molar-refractivity contribution is -0.120. The van der Waals surface area contributed by atoms with Crippen molar-refractivity contribution in [3.63, 3.8) is 0 Å². The molecule has 3 heterocycles. The van der Waals surface area contributed by atoms with E-state index < -0.39 is 11.6 Å². The molecule has 1 aliphatic heterocycles. The van der Waals surface area contributed by atoms with Crippen LogP contribution in [0.5, 0.6) is 11.5 Å². The van der Waals surface area contributed by atoms with Crippen LogP contribution in [0.1, 0.15) is 36.5 Å². The topological polar surface area (TPSA) is 108 Å². The standard InChI is InChI=1S/C27H25ClN4O4/c1-35-17-9-10-27(12-17)26(34)31-21-14-30-25-22(23(21)32-27)19(13-29-25)24(33)18-8-7-16(11-20(18)28)36-15-5-3-2-4-6-15/h2-8,11,13-14,17,24,32-33H,9-10,12H2,1H3,(H,29,30)(H,31,34). The van der Waals surface area contributed by atoms with Gasteiger partial charge in [0.1, 0.15) is 28.8 Å². The van der Waals surface area contributed by atoms with E-state index >= 15 is 0 Å². The molecule has 184 valence electrons. The number of para-hydroxylation sites is 1. The Morgan fingerprint density at radius 2 is 2.00 bits per heavy atom. The number of aromatic amines is 1. The first-order valence-corrected chi connectivity index (χ1v) is 12.2. The number of halogens is 1. The average Bonchev–Trinajstić information content (AvgIpc) is 3.51. The molecule has 8 nitrogen and oxygen atoms in total. The lowest BCUT2D eigenvalue weighted by atomic mass is 9.91. The molecule has 4 N–H and O–H groups in total. The molecule has 6 rings (SSSR count). The number of pyridine rings is 1. The van der Waals surface area contributed by atoms with Gasteiger partial charge < -0.3 is 30.2 Å². The maximum absolute atomic E-state index is 13.0. The second kappa shape index (κ2) is 8.81. The third-order valence-corrected chi connectivity index (χ3v) is 7.45. The molecule has 0 saturated heterocycles. The number of nitrogens with one attached hydrogen (secondary N) is 3. The Kier molecular flexibility index (Phi) is 5.59. The van der Waals surface area contributed by atoms with E-state index in [1.807, 2.05) is 30.3 Å². The highest BCUT2D eigenvalue weighted by atomic mass is 35.5. The Labute approximate surface area is 212 Å². The highest BCUT2D eigenvalue weighted by Crippen LogP contribution is 2.46. The number of benzene rings is 2. The van der Waals surface area contributed by atoms with Gasteiger partial charge in [-0.05, 0) is 37.1 Å². The first-order chi connectivity index (χ1) is 17.5. The van der Waals surface area contributed by atoms with Crippen LogP contribution in [0.25, 0.3) is 11.0 Å². The summed E-state index contributed by atoms with van der Waals surface area (Å²) in [6.07, 6.45) is 4.33. The maximum atomic E-state index is 13.0. The first-order valence-electron chi connectivity index (χ1n) is 11.8. The van der Waals surface area contributed by atoms with Crippen LogP contribution in [0.3, 0.4) is 0 Å². The van der Waals surface area contributed by atoms with Gasteiger partial charge in [-0.25, -0.2) is 4.98 Å². The summed E-state index contributed by atoms with van der Waals surface area (Å²) in [4.78, 5) is 20.6. The summed E-state index contributed by atoms with van der Waals surface area (Å²) >= 11 is 6.60. The molecule has 0 bridgehead atoms. The number of nitrogens with zero attached hydrogens (tertiary/aromatic N) is 1. The number of hydrogen-bond acceptors (Lipinski definition) is 6. The van der Waals surface area contributed by atoms with Gasteiger partial charge in [0.25, 0.3) is 0 Å². The quantitative estimate of drug-likeness (QED) is 0.290. The van der Waals surface area contributed by atoms with Gasteiger partial charge in [0.05, 0.1) is 34.1 Å². The van der Waals surface area contributed by atoms with Crippen LogP contribution in [0.15, 0.2) is 60.9 Å². The number of amides is 1. The molecular weight excluding hydrogens is 480 g/mol. The molecule has 36 heavy (non-hydrogen) atoms. The highest BCUT2D eigenvalue weighted by Gasteiger charge is 2.48. The fourth-order valence-electron chi connectivity index (χ4n) is 5.20. The van der Waals surface area contributed by atoms with Gasteiger partial charge in [-0.3, -0.25) is 4.79 Å². The molecule has 1 amide bonds. The number of aliphatic hydroxyl groups is 1. The Hall–Kier alpha value is -3.59. The van der Waals surface area contributed by atoms with E-state index in [2.05, 4.69) is 20.6 Å². The van der Waals surface area contributed by atoms with Gasteiger partial charge in [0.2, 0.25) is 5.91 Å². The highest BCUT2D eigenvalue weighted by molar-refractivity contribution is 6.31. The van der Waals surface area contributed by atoms with Crippen LogP contribution in [0, 0.1) is 0 Å². The monoisotopic (exact) mass is 504 g/mol. The van der Waals surface area contributed by atoms with Crippen LogP contribution >= 0.6 is 11.6 Å². The Morgan fingerprint density at radius 1 is 1.17 bits per heavy atom. The summed E-state index contributed by atoms with van der Waals surface area (Å²) in [5.74, 6) is 1.17. The van der Waals surface area contributed by atoms with E-state index in [4.69, 9.17) is 21.1 Å². The number of anilines is 2. The predicted molar refractivity (Wildman–Crippen MR) is 138 cm³/mol. The Balaban J connectivity index is 1.36. The largest absolute Gasteiger partial charge is 0.457 e. The van der Waals surface area contributed by atoms with Crippen LogP contribution in [0.2, 0.25) is 5.02 Å². The minimum atomic E-state index is -1.03. The van der Waals surface area contributed by atoms with E-state index in [0.29, 0.717) is 57.2 Å². The summed E-state index contributed by atoms with van der Waals surface area (Å²) < 4.78 is 11.4. The molecule has 2 aromatic heterocycles. The average molecular weight is 505 g/mol. The number of aliphatic hydroxyl groups excluding tert-OH is 1. The Bertz CT molecular complexity index is 1460. The molecule has 1 aliphatic carbocycles. The van der Waals surface area contributed by atoms with Crippen molar-refractivity contribution in [3.8, 4) is 11.5 Å². The van der Waals surface area contributed by atoms with E-state index in [-0.39, 0.29) is 12.0 Å². The van der Waals surface area contributed by atoms with Gasteiger partial charge in [0.15, 0.2) is 0 Å². The van der Waals surface area contributed by atoms with E-state index in [0.717, 1.165) is 12.1 Å². The predicted octanol–water partition coefficient (Wildman–Crippen LogP) is 5.39. The maximum Gasteiger partial charge on any atom is 0.250 e. The van der Waals surface area contributed by atoms with Crippen LogP contribution in [-0.2, 0) is 9.53 Å². The zero-order chi connectivity index (χ0) is 24.9. The molecule has 3 unspecified atom stereocenters. The van der Waals surface area contributed by atoms with Crippen molar-refractivity contribution in [1.82, 2.24) is 9.97 Å². The number of carbonyl (C=O) groups excluding carboxylic acids is 1. The summed E-state index contributed by atoms with van der Waals surface area (Å²) in [6.45, 7) is 0. The number of H-pyrrole nitrogens is 1. The number of methoxy groups -OCH3 is 1. The van der Waals surface area contributed by atoms with Gasteiger partial charge in [-0.1, -0.05) is 35.9 Å². The van der Waals surface area contributed by atoms with Crippen molar-refractivity contribution < 1.29 is 19.4 Å². The number of ether oxygens (including phenoxy) is 2. The zero-order valence-electron chi connectivity index (χ0n) is 19.5. The normalized spacial score (nSPS) is 21.8. The van der Waals surface area contributed by atoms with Crippen LogP contribution < -0.4 is 15.4 Å². The molecule has 3 atom stereocenters. The van der Waals surface area contributed by atoms with Crippen molar-refractivity contribution in [2.75, 3.05) is 17.7 Å². The van der Waals surface area contributed by atoms with Gasteiger partial charge in [0, 0.05) is 30.9 Å². The second-order valence-corrected chi connectivity index (χ2v) is 9.68. The van der Waals surface area contributed by atoms with E-state index in [1.54, 1.807) is 37.7 Å². The molecular formula is C27H25ClN4O4. The van der Waals surface area contributed by atoms with Gasteiger partial charge >= 0.3 is 0 Å². The van der Waals surface area contributed by atoms with Crippen molar-refractivity contribution in [2.24, 2.45) is 0 Å². The summed E-state index contributed by atoms with van der Waals surface area (Å²) in [7, 11) is 1.67. The minimum Gasteiger partial charge on any atom is -0.457 e. The molecule has 4 aromatic rings. The first kappa shape index (κ1) is 22.8. The molecule has 2 aliphatic rings.